The maximum absolute atomic E-state index is 9.53. The van der Waals surface area contributed by atoms with Gasteiger partial charge in [0.15, 0.2) is 0 Å². The third-order valence-electron chi connectivity index (χ3n) is 2.14. The zero-order valence-electron chi connectivity index (χ0n) is 8.83. The van der Waals surface area contributed by atoms with Crippen molar-refractivity contribution in [3.8, 4) is 0 Å². The van der Waals surface area contributed by atoms with E-state index in [9.17, 15) is 5.11 Å². The number of benzene rings is 1. The van der Waals surface area contributed by atoms with Crippen molar-refractivity contribution in [1.82, 2.24) is 0 Å². The Hall–Kier alpha value is -0.930. The van der Waals surface area contributed by atoms with Crippen molar-refractivity contribution in [2.24, 2.45) is 0 Å². The highest BCUT2D eigenvalue weighted by Crippen LogP contribution is 2.23. The van der Waals surface area contributed by atoms with Crippen LogP contribution in [0.2, 0.25) is 5.02 Å². The largest absolute Gasteiger partial charge is 0.399 e. The van der Waals surface area contributed by atoms with Crippen LogP contribution < -0.4 is 11.1 Å². The summed E-state index contributed by atoms with van der Waals surface area (Å²) in [5.41, 5.74) is 7.01. The standard InChI is InChI=1S/C11H17ClN2O/c1-2-3-9(15)7-14-11-5-4-8(13)6-10(11)12/h4-6,9,14-15H,2-3,7,13H2,1H3. The minimum atomic E-state index is -0.330. The second kappa shape index (κ2) is 5.83. The van der Waals surface area contributed by atoms with E-state index in [1.165, 1.54) is 0 Å². The van der Waals surface area contributed by atoms with Gasteiger partial charge in [0, 0.05) is 12.2 Å². The van der Waals surface area contributed by atoms with Crippen molar-refractivity contribution in [3.05, 3.63) is 23.2 Å². The SMILES string of the molecule is CCCC(O)CNc1ccc(N)cc1Cl. The molecular weight excluding hydrogens is 212 g/mol. The van der Waals surface area contributed by atoms with Gasteiger partial charge in [-0.2, -0.15) is 0 Å². The molecule has 4 heteroatoms. The monoisotopic (exact) mass is 228 g/mol. The smallest absolute Gasteiger partial charge is 0.0712 e. The van der Waals surface area contributed by atoms with Crippen molar-refractivity contribution in [2.45, 2.75) is 25.9 Å². The predicted octanol–water partition coefficient (Wildman–Crippen LogP) is 2.50. The van der Waals surface area contributed by atoms with E-state index in [-0.39, 0.29) is 6.10 Å². The van der Waals surface area contributed by atoms with Crippen molar-refractivity contribution in [1.29, 1.82) is 0 Å². The molecule has 0 heterocycles. The lowest BCUT2D eigenvalue weighted by atomic mass is 10.2. The molecule has 1 unspecified atom stereocenters. The lowest BCUT2D eigenvalue weighted by molar-refractivity contribution is 0.176. The summed E-state index contributed by atoms with van der Waals surface area (Å²) >= 11 is 5.97. The van der Waals surface area contributed by atoms with E-state index in [4.69, 9.17) is 17.3 Å². The molecule has 0 fully saturated rings. The number of halogens is 1. The number of aliphatic hydroxyl groups excluding tert-OH is 1. The summed E-state index contributed by atoms with van der Waals surface area (Å²) in [5.74, 6) is 0. The zero-order chi connectivity index (χ0) is 11.3. The molecule has 0 aliphatic rings. The average Bonchev–Trinajstić information content (AvgIpc) is 2.17. The lowest BCUT2D eigenvalue weighted by Crippen LogP contribution is -2.19. The highest BCUT2D eigenvalue weighted by molar-refractivity contribution is 6.33. The first-order valence-corrected chi connectivity index (χ1v) is 5.48. The number of nitrogens with one attached hydrogen (secondary N) is 1. The van der Waals surface area contributed by atoms with Crippen LogP contribution in [0.3, 0.4) is 0 Å². The van der Waals surface area contributed by atoms with Gasteiger partial charge in [-0.25, -0.2) is 0 Å². The molecule has 1 aromatic carbocycles. The fourth-order valence-electron chi connectivity index (χ4n) is 1.34. The van der Waals surface area contributed by atoms with Crippen LogP contribution in [0.15, 0.2) is 18.2 Å². The van der Waals surface area contributed by atoms with Crippen LogP contribution >= 0.6 is 11.6 Å². The minimum Gasteiger partial charge on any atom is -0.399 e. The van der Waals surface area contributed by atoms with Crippen LogP contribution in [-0.4, -0.2) is 17.8 Å². The zero-order valence-corrected chi connectivity index (χ0v) is 9.59. The van der Waals surface area contributed by atoms with Gasteiger partial charge >= 0.3 is 0 Å². The number of anilines is 2. The Bertz CT molecular complexity index is 317. The number of hydrogen-bond donors (Lipinski definition) is 3. The third kappa shape index (κ3) is 3.98. The molecule has 0 aliphatic carbocycles. The Morgan fingerprint density at radius 3 is 2.87 bits per heavy atom. The first kappa shape index (κ1) is 12.1. The van der Waals surface area contributed by atoms with E-state index in [2.05, 4.69) is 5.32 Å². The van der Waals surface area contributed by atoms with E-state index in [0.29, 0.717) is 17.3 Å². The summed E-state index contributed by atoms with van der Waals surface area (Å²) in [6, 6.07) is 5.28. The third-order valence-corrected chi connectivity index (χ3v) is 2.46. The maximum Gasteiger partial charge on any atom is 0.0712 e. The van der Waals surface area contributed by atoms with Gasteiger partial charge in [0.2, 0.25) is 0 Å². The van der Waals surface area contributed by atoms with E-state index >= 15 is 0 Å². The second-order valence-electron chi connectivity index (χ2n) is 3.56. The highest BCUT2D eigenvalue weighted by atomic mass is 35.5. The van der Waals surface area contributed by atoms with Crippen molar-refractivity contribution in [3.63, 3.8) is 0 Å². The molecule has 0 saturated heterocycles. The van der Waals surface area contributed by atoms with Gasteiger partial charge in [0.25, 0.3) is 0 Å². The van der Waals surface area contributed by atoms with Crippen LogP contribution in [0.5, 0.6) is 0 Å². The number of rotatable bonds is 5. The average molecular weight is 229 g/mol. The molecule has 0 amide bonds. The van der Waals surface area contributed by atoms with Crippen LogP contribution in [0, 0.1) is 0 Å². The Morgan fingerprint density at radius 1 is 1.53 bits per heavy atom. The van der Waals surface area contributed by atoms with Crippen molar-refractivity contribution >= 4 is 23.0 Å². The van der Waals surface area contributed by atoms with E-state index < -0.39 is 0 Å². The Labute approximate surface area is 95.2 Å². The molecule has 15 heavy (non-hydrogen) atoms. The molecule has 0 aromatic heterocycles. The molecule has 84 valence electrons. The van der Waals surface area contributed by atoms with Gasteiger partial charge in [-0.15, -0.1) is 0 Å². The van der Waals surface area contributed by atoms with Crippen LogP contribution in [0.25, 0.3) is 0 Å². The molecule has 0 spiro atoms. The molecular formula is C11H17ClN2O. The van der Waals surface area contributed by atoms with Gasteiger partial charge in [0.1, 0.15) is 0 Å². The number of aliphatic hydroxyl groups is 1. The number of hydrogen-bond acceptors (Lipinski definition) is 3. The molecule has 1 aromatic rings. The molecule has 0 radical (unpaired) electrons. The molecule has 1 atom stereocenters. The second-order valence-corrected chi connectivity index (χ2v) is 3.97. The van der Waals surface area contributed by atoms with Crippen molar-refractivity contribution in [2.75, 3.05) is 17.6 Å². The number of nitrogen functional groups attached to an aromatic ring is 1. The lowest BCUT2D eigenvalue weighted by Gasteiger charge is -2.13. The normalized spacial score (nSPS) is 12.5. The summed E-state index contributed by atoms with van der Waals surface area (Å²) in [6.07, 6.45) is 1.43. The molecule has 0 bridgehead atoms. The number of nitrogens with two attached hydrogens (primary N) is 1. The van der Waals surface area contributed by atoms with E-state index in [1.54, 1.807) is 12.1 Å². The summed E-state index contributed by atoms with van der Waals surface area (Å²) in [6.45, 7) is 2.55. The molecule has 3 nitrogen and oxygen atoms in total. The van der Waals surface area contributed by atoms with Gasteiger partial charge < -0.3 is 16.2 Å². The summed E-state index contributed by atoms with van der Waals surface area (Å²) in [5, 5.41) is 13.2. The Morgan fingerprint density at radius 2 is 2.27 bits per heavy atom. The first-order valence-electron chi connectivity index (χ1n) is 5.10. The van der Waals surface area contributed by atoms with Crippen LogP contribution in [-0.2, 0) is 0 Å². The molecule has 1 rings (SSSR count). The van der Waals surface area contributed by atoms with Gasteiger partial charge in [0.05, 0.1) is 16.8 Å². The highest BCUT2D eigenvalue weighted by Gasteiger charge is 2.04. The van der Waals surface area contributed by atoms with Crippen molar-refractivity contribution < 1.29 is 5.11 Å². The summed E-state index contributed by atoms with van der Waals surface area (Å²) < 4.78 is 0. The Kier molecular flexibility index (Phi) is 4.72. The molecule has 4 N–H and O–H groups in total. The first-order chi connectivity index (χ1) is 7.13. The van der Waals surface area contributed by atoms with Crippen LogP contribution in [0.1, 0.15) is 19.8 Å². The van der Waals surface area contributed by atoms with E-state index in [0.717, 1.165) is 18.5 Å². The summed E-state index contributed by atoms with van der Waals surface area (Å²) in [7, 11) is 0. The van der Waals surface area contributed by atoms with Gasteiger partial charge in [-0.3, -0.25) is 0 Å². The predicted molar refractivity (Wildman–Crippen MR) is 65.3 cm³/mol. The van der Waals surface area contributed by atoms with Crippen LogP contribution in [0.4, 0.5) is 11.4 Å². The Balaban J connectivity index is 2.50. The van der Waals surface area contributed by atoms with E-state index in [1.807, 2.05) is 13.0 Å². The minimum absolute atomic E-state index is 0.330. The van der Waals surface area contributed by atoms with Gasteiger partial charge in [-0.05, 0) is 24.6 Å². The molecule has 0 aliphatic heterocycles. The fourth-order valence-corrected chi connectivity index (χ4v) is 1.59. The molecule has 0 saturated carbocycles. The topological polar surface area (TPSA) is 58.3 Å². The summed E-state index contributed by atoms with van der Waals surface area (Å²) in [4.78, 5) is 0. The van der Waals surface area contributed by atoms with Gasteiger partial charge in [-0.1, -0.05) is 24.9 Å². The maximum atomic E-state index is 9.53. The fraction of sp³-hybridized carbons (Fsp3) is 0.455. The quantitative estimate of drug-likeness (QED) is 0.679.